The van der Waals surface area contributed by atoms with Crippen molar-refractivity contribution in [2.24, 2.45) is 0 Å². The smallest absolute Gasteiger partial charge is 0.0715 e. The van der Waals surface area contributed by atoms with Crippen LogP contribution in [0.25, 0.3) is 122 Å². The molecule has 10 aromatic carbocycles. The van der Waals surface area contributed by atoms with Crippen molar-refractivity contribution in [3.8, 4) is 78.4 Å². The number of pyridine rings is 1. The van der Waals surface area contributed by atoms with E-state index in [-0.39, 0.29) is 0 Å². The van der Waals surface area contributed by atoms with Gasteiger partial charge in [-0.05, 0) is 105 Å². The van der Waals surface area contributed by atoms with E-state index in [0.717, 1.165) is 45.0 Å². The summed E-state index contributed by atoms with van der Waals surface area (Å²) < 4.78 is 4.86. The Kier molecular flexibility index (Phi) is 9.50. The molecule has 3 heteroatoms. The molecule has 0 fully saturated rings. The Balaban J connectivity index is 0.930. The number of aromatic nitrogens is 3. The van der Waals surface area contributed by atoms with E-state index >= 15 is 0 Å². The number of benzene rings is 10. The summed E-state index contributed by atoms with van der Waals surface area (Å²) >= 11 is 0. The predicted octanol–water partition coefficient (Wildman–Crippen LogP) is 17.3. The van der Waals surface area contributed by atoms with Crippen LogP contribution in [0.15, 0.2) is 261 Å². The summed E-state index contributed by atoms with van der Waals surface area (Å²) in [5, 5.41) is 4.99. The molecule has 0 aliphatic carbocycles. The second kappa shape index (κ2) is 16.4. The van der Waals surface area contributed by atoms with E-state index < -0.39 is 0 Å². The molecule has 318 valence electrons. The van der Waals surface area contributed by atoms with Gasteiger partial charge in [0.1, 0.15) is 0 Å². The van der Waals surface area contributed by atoms with Crippen molar-refractivity contribution >= 4 is 43.6 Å². The molecule has 3 aromatic heterocycles. The van der Waals surface area contributed by atoms with E-state index in [1.165, 1.54) is 77.0 Å². The lowest BCUT2D eigenvalue weighted by molar-refractivity contribution is 1.17. The fraction of sp³-hybridized carbons (Fsp3) is 0. The highest BCUT2D eigenvalue weighted by Crippen LogP contribution is 2.43. The summed E-state index contributed by atoms with van der Waals surface area (Å²) in [6.45, 7) is 0. The fourth-order valence-corrected chi connectivity index (χ4v) is 10.3. The average Bonchev–Trinajstić information content (AvgIpc) is 3.95. The second-order valence-electron chi connectivity index (χ2n) is 17.5. The quantitative estimate of drug-likeness (QED) is 0.149. The highest BCUT2D eigenvalue weighted by molar-refractivity contribution is 6.29. The molecule has 68 heavy (non-hydrogen) atoms. The normalized spacial score (nSPS) is 11.5. The molecule has 0 spiro atoms. The Hall–Kier alpha value is -9.05. The number of para-hydroxylation sites is 2. The monoisotopic (exact) mass is 865 g/mol. The molecule has 0 saturated heterocycles. The minimum absolute atomic E-state index is 0.927. The van der Waals surface area contributed by atoms with E-state index in [1.807, 2.05) is 0 Å². The molecule has 0 aliphatic heterocycles. The van der Waals surface area contributed by atoms with Gasteiger partial charge in [0.25, 0.3) is 0 Å². The molecule has 0 N–H and O–H groups in total. The van der Waals surface area contributed by atoms with E-state index in [0.29, 0.717) is 0 Å². The van der Waals surface area contributed by atoms with Gasteiger partial charge in [-0.1, -0.05) is 200 Å². The summed E-state index contributed by atoms with van der Waals surface area (Å²) in [6, 6.07) is 94.0. The number of hydrogen-bond donors (Lipinski definition) is 0. The van der Waals surface area contributed by atoms with Crippen LogP contribution in [-0.2, 0) is 0 Å². The number of hydrogen-bond acceptors (Lipinski definition) is 1. The van der Waals surface area contributed by atoms with Gasteiger partial charge in [0.2, 0.25) is 0 Å². The minimum Gasteiger partial charge on any atom is -0.309 e. The third-order valence-corrected chi connectivity index (χ3v) is 13.5. The zero-order valence-corrected chi connectivity index (χ0v) is 37.2. The van der Waals surface area contributed by atoms with Gasteiger partial charge in [-0.3, -0.25) is 0 Å². The van der Waals surface area contributed by atoms with Crippen molar-refractivity contribution < 1.29 is 0 Å². The molecule has 0 amide bonds. The first-order valence-electron chi connectivity index (χ1n) is 23.3. The number of rotatable bonds is 8. The summed E-state index contributed by atoms with van der Waals surface area (Å²) in [7, 11) is 0. The van der Waals surface area contributed by atoms with Crippen molar-refractivity contribution in [1.82, 2.24) is 14.1 Å². The van der Waals surface area contributed by atoms with Crippen molar-refractivity contribution in [2.45, 2.75) is 0 Å². The predicted molar refractivity (Wildman–Crippen MR) is 286 cm³/mol. The lowest BCUT2D eigenvalue weighted by Crippen LogP contribution is -1.96. The standard InChI is InChI=1S/C65H43N3/c1-4-15-44(16-5-1)47-27-29-49(30-28-47)53-42-58(50-33-31-48(32-34-50)45-17-6-2-7-18-45)66-59(43-53)51-35-37-54(38-36-51)67-60-25-12-10-23-56(60)64-62(67)39-40-63-65(64)57-24-11-13-26-61(57)68(63)55-22-14-21-52(41-55)46-19-8-3-9-20-46/h1-43H. The lowest BCUT2D eigenvalue weighted by atomic mass is 9.97. The summed E-state index contributed by atoms with van der Waals surface area (Å²) in [4.78, 5) is 5.36. The summed E-state index contributed by atoms with van der Waals surface area (Å²) in [5.41, 5.74) is 20.4. The topological polar surface area (TPSA) is 22.8 Å². The average molecular weight is 866 g/mol. The van der Waals surface area contributed by atoms with Crippen LogP contribution >= 0.6 is 0 Å². The maximum Gasteiger partial charge on any atom is 0.0715 e. The molecule has 0 atom stereocenters. The van der Waals surface area contributed by atoms with Crippen molar-refractivity contribution in [1.29, 1.82) is 0 Å². The van der Waals surface area contributed by atoms with Crippen LogP contribution in [0.5, 0.6) is 0 Å². The van der Waals surface area contributed by atoms with Crippen molar-refractivity contribution in [3.63, 3.8) is 0 Å². The number of fused-ring (bicyclic) bond motifs is 7. The van der Waals surface area contributed by atoms with Crippen LogP contribution in [0.2, 0.25) is 0 Å². The van der Waals surface area contributed by atoms with Gasteiger partial charge in [0.15, 0.2) is 0 Å². The van der Waals surface area contributed by atoms with E-state index in [4.69, 9.17) is 4.98 Å². The van der Waals surface area contributed by atoms with Gasteiger partial charge in [-0.15, -0.1) is 0 Å². The molecule has 0 bridgehead atoms. The van der Waals surface area contributed by atoms with Gasteiger partial charge >= 0.3 is 0 Å². The maximum atomic E-state index is 5.36. The van der Waals surface area contributed by atoms with Gasteiger partial charge in [0.05, 0.1) is 33.5 Å². The fourth-order valence-electron chi connectivity index (χ4n) is 10.3. The summed E-state index contributed by atoms with van der Waals surface area (Å²) in [5.74, 6) is 0. The van der Waals surface area contributed by atoms with Gasteiger partial charge in [-0.2, -0.15) is 0 Å². The van der Waals surface area contributed by atoms with Crippen molar-refractivity contribution in [3.05, 3.63) is 261 Å². The van der Waals surface area contributed by atoms with Crippen LogP contribution in [0.3, 0.4) is 0 Å². The first-order valence-corrected chi connectivity index (χ1v) is 23.3. The Morgan fingerprint density at radius 3 is 1.09 bits per heavy atom. The van der Waals surface area contributed by atoms with Crippen molar-refractivity contribution in [2.75, 3.05) is 0 Å². The Bertz CT molecular complexity index is 3860. The number of nitrogens with zero attached hydrogens (tertiary/aromatic N) is 3. The molecule has 0 unspecified atom stereocenters. The highest BCUT2D eigenvalue weighted by atomic mass is 15.0. The highest BCUT2D eigenvalue weighted by Gasteiger charge is 2.21. The zero-order chi connectivity index (χ0) is 45.0. The Morgan fingerprint density at radius 1 is 0.221 bits per heavy atom. The van der Waals surface area contributed by atoms with Crippen LogP contribution in [-0.4, -0.2) is 14.1 Å². The third kappa shape index (κ3) is 6.80. The van der Waals surface area contributed by atoms with Crippen LogP contribution in [0, 0.1) is 0 Å². The van der Waals surface area contributed by atoms with Crippen LogP contribution < -0.4 is 0 Å². The molecule has 0 saturated carbocycles. The van der Waals surface area contributed by atoms with E-state index in [1.54, 1.807) is 0 Å². The molecular weight excluding hydrogens is 823 g/mol. The van der Waals surface area contributed by atoms with E-state index in [9.17, 15) is 0 Å². The van der Waals surface area contributed by atoms with Gasteiger partial charge in [0, 0.05) is 44.0 Å². The molecule has 13 aromatic rings. The summed E-state index contributed by atoms with van der Waals surface area (Å²) in [6.07, 6.45) is 0. The second-order valence-corrected chi connectivity index (χ2v) is 17.5. The van der Waals surface area contributed by atoms with E-state index in [2.05, 4.69) is 270 Å². The van der Waals surface area contributed by atoms with Gasteiger partial charge in [-0.25, -0.2) is 4.98 Å². The molecule has 13 rings (SSSR count). The molecule has 0 radical (unpaired) electrons. The molecule has 0 aliphatic rings. The Labute approximate surface area is 395 Å². The maximum absolute atomic E-state index is 5.36. The minimum atomic E-state index is 0.927. The first-order chi connectivity index (χ1) is 33.7. The first kappa shape index (κ1) is 39.3. The lowest BCUT2D eigenvalue weighted by Gasteiger charge is -2.13. The Morgan fingerprint density at radius 2 is 0.588 bits per heavy atom. The van der Waals surface area contributed by atoms with Gasteiger partial charge < -0.3 is 9.13 Å². The SMILES string of the molecule is c1ccc(-c2ccc(-c3cc(-c4ccc(-c5ccccc5)cc4)nc(-c4ccc(-n5c6ccccc6c6c7c8ccccc8n(-c8cccc(-c9ccccc9)c8)c7ccc65)cc4)c3)cc2)cc1. The third-order valence-electron chi connectivity index (χ3n) is 13.5. The molecule has 3 heterocycles. The van der Waals surface area contributed by atoms with Crippen LogP contribution in [0.4, 0.5) is 0 Å². The zero-order valence-electron chi connectivity index (χ0n) is 37.2. The van der Waals surface area contributed by atoms with Crippen LogP contribution in [0.1, 0.15) is 0 Å². The molecule has 3 nitrogen and oxygen atoms in total. The molecular formula is C65H43N3. The largest absolute Gasteiger partial charge is 0.309 e.